The highest BCUT2D eigenvalue weighted by atomic mass is 79.9. The Morgan fingerprint density at radius 2 is 2.00 bits per heavy atom. The molecule has 0 fully saturated rings. The quantitative estimate of drug-likeness (QED) is 0.835. The van der Waals surface area contributed by atoms with E-state index in [4.69, 9.17) is 16.7 Å². The molecule has 110 valence electrons. The highest BCUT2D eigenvalue weighted by Crippen LogP contribution is 2.26. The first-order valence-corrected chi connectivity index (χ1v) is 8.12. The molecular weight excluding hydrogens is 384 g/mol. The Morgan fingerprint density at radius 1 is 1.29 bits per heavy atom. The van der Waals surface area contributed by atoms with Crippen LogP contribution in [-0.2, 0) is 10.0 Å². The predicted octanol–water partition coefficient (Wildman–Crippen LogP) is 3.00. The fraction of sp³-hybridized carbons (Fsp3) is 0. The van der Waals surface area contributed by atoms with Gasteiger partial charge in [0.25, 0.3) is 10.0 Å². The molecule has 6 nitrogen and oxygen atoms in total. The summed E-state index contributed by atoms with van der Waals surface area (Å²) in [6.07, 6.45) is 1.07. The zero-order chi connectivity index (χ0) is 15.6. The van der Waals surface area contributed by atoms with Crippen LogP contribution < -0.4 is 4.72 Å². The number of carboxylic acid groups (broad SMARTS) is 1. The number of rotatable bonds is 4. The molecule has 1 heterocycles. The van der Waals surface area contributed by atoms with Crippen LogP contribution in [0, 0.1) is 0 Å². The second-order valence-electron chi connectivity index (χ2n) is 3.92. The minimum atomic E-state index is -3.83. The number of carbonyl (C=O) groups is 1. The molecule has 2 aromatic rings. The fourth-order valence-corrected chi connectivity index (χ4v) is 3.10. The van der Waals surface area contributed by atoms with Crippen molar-refractivity contribution >= 4 is 49.3 Å². The van der Waals surface area contributed by atoms with E-state index in [9.17, 15) is 13.2 Å². The van der Waals surface area contributed by atoms with Crippen molar-refractivity contribution in [2.45, 2.75) is 4.90 Å². The average molecular weight is 392 g/mol. The summed E-state index contributed by atoms with van der Waals surface area (Å²) in [5, 5.41) is 9.13. The maximum atomic E-state index is 12.2. The van der Waals surface area contributed by atoms with Crippen molar-refractivity contribution in [3.8, 4) is 0 Å². The third-order valence-electron chi connectivity index (χ3n) is 2.45. The largest absolute Gasteiger partial charge is 0.478 e. The molecule has 1 aromatic carbocycles. The molecular formula is C12H8BrClN2O4S. The summed E-state index contributed by atoms with van der Waals surface area (Å²) < 4.78 is 27.0. The normalized spacial score (nSPS) is 11.1. The molecule has 2 rings (SSSR count). The van der Waals surface area contributed by atoms with Crippen molar-refractivity contribution in [3.63, 3.8) is 0 Å². The molecule has 0 amide bonds. The zero-order valence-electron chi connectivity index (χ0n) is 10.2. The number of carboxylic acids is 1. The first-order chi connectivity index (χ1) is 9.79. The number of benzene rings is 1. The minimum absolute atomic E-state index is 0.00267. The van der Waals surface area contributed by atoms with E-state index in [-0.39, 0.29) is 16.3 Å². The van der Waals surface area contributed by atoms with Crippen LogP contribution in [0.1, 0.15) is 10.4 Å². The summed E-state index contributed by atoms with van der Waals surface area (Å²) in [6, 6.07) is 6.68. The van der Waals surface area contributed by atoms with Gasteiger partial charge in [-0.25, -0.2) is 18.2 Å². The Hall–Kier alpha value is -1.64. The van der Waals surface area contributed by atoms with Gasteiger partial charge in [-0.3, -0.25) is 4.72 Å². The van der Waals surface area contributed by atoms with Gasteiger partial charge in [0.2, 0.25) is 0 Å². The first-order valence-electron chi connectivity index (χ1n) is 5.47. The van der Waals surface area contributed by atoms with Gasteiger partial charge in [-0.1, -0.05) is 11.6 Å². The molecule has 0 saturated carbocycles. The number of hydrogen-bond donors (Lipinski definition) is 2. The molecule has 9 heteroatoms. The van der Waals surface area contributed by atoms with E-state index in [1.165, 1.54) is 30.3 Å². The van der Waals surface area contributed by atoms with Gasteiger partial charge < -0.3 is 5.11 Å². The van der Waals surface area contributed by atoms with Crippen LogP contribution in [0.15, 0.2) is 45.9 Å². The van der Waals surface area contributed by atoms with Crippen LogP contribution in [0.25, 0.3) is 0 Å². The van der Waals surface area contributed by atoms with E-state index in [1.807, 2.05) is 0 Å². The Morgan fingerprint density at radius 3 is 2.52 bits per heavy atom. The molecule has 0 unspecified atom stereocenters. The number of pyridine rings is 1. The van der Waals surface area contributed by atoms with Crippen LogP contribution in [0.2, 0.25) is 5.02 Å². The molecule has 2 N–H and O–H groups in total. The Kier molecular flexibility index (Phi) is 4.50. The van der Waals surface area contributed by atoms with E-state index < -0.39 is 16.0 Å². The van der Waals surface area contributed by atoms with E-state index >= 15 is 0 Å². The number of sulfonamides is 1. The highest BCUT2D eigenvalue weighted by molar-refractivity contribution is 9.10. The van der Waals surface area contributed by atoms with E-state index in [0.717, 1.165) is 6.20 Å². The number of nitrogens with zero attached hydrogens (tertiary/aromatic N) is 1. The van der Waals surface area contributed by atoms with Crippen molar-refractivity contribution in [1.82, 2.24) is 4.98 Å². The van der Waals surface area contributed by atoms with Gasteiger partial charge in [0.05, 0.1) is 15.5 Å². The molecule has 0 aliphatic heterocycles. The number of halogens is 2. The van der Waals surface area contributed by atoms with Crippen molar-refractivity contribution < 1.29 is 18.3 Å². The molecule has 0 spiro atoms. The lowest BCUT2D eigenvalue weighted by Gasteiger charge is -2.08. The standard InChI is InChI=1S/C12H8BrClN2O4S/c13-9-5-8(2-3-10(9)14)21(19,20)16-11-4-1-7(6-15-11)12(17)18/h1-6H,(H,15,16)(H,17,18). The lowest BCUT2D eigenvalue weighted by Crippen LogP contribution is -2.14. The molecule has 0 aliphatic rings. The number of aromatic nitrogens is 1. The SMILES string of the molecule is O=C(O)c1ccc(NS(=O)(=O)c2ccc(Cl)c(Br)c2)nc1. The van der Waals surface area contributed by atoms with Crippen LogP contribution in [-0.4, -0.2) is 24.5 Å². The topological polar surface area (TPSA) is 96.4 Å². The lowest BCUT2D eigenvalue weighted by molar-refractivity contribution is 0.0696. The molecule has 21 heavy (non-hydrogen) atoms. The number of nitrogens with one attached hydrogen (secondary N) is 1. The van der Waals surface area contributed by atoms with E-state index in [1.54, 1.807) is 0 Å². The first kappa shape index (κ1) is 15.7. The molecule has 1 aromatic heterocycles. The van der Waals surface area contributed by atoms with Gasteiger partial charge in [0.15, 0.2) is 0 Å². The smallest absolute Gasteiger partial charge is 0.337 e. The molecule has 0 radical (unpaired) electrons. The molecule has 0 saturated heterocycles. The van der Waals surface area contributed by atoms with Gasteiger partial charge in [0.1, 0.15) is 5.82 Å². The Bertz CT molecular complexity index is 793. The van der Waals surface area contributed by atoms with Gasteiger partial charge in [-0.2, -0.15) is 0 Å². The Balaban J connectivity index is 2.28. The van der Waals surface area contributed by atoms with Crippen molar-refractivity contribution in [2.24, 2.45) is 0 Å². The van der Waals surface area contributed by atoms with E-state index in [0.29, 0.717) is 9.50 Å². The van der Waals surface area contributed by atoms with Gasteiger partial charge in [-0.05, 0) is 46.3 Å². The van der Waals surface area contributed by atoms with Crippen LogP contribution in [0.3, 0.4) is 0 Å². The second kappa shape index (κ2) is 6.00. The minimum Gasteiger partial charge on any atom is -0.478 e. The monoisotopic (exact) mass is 390 g/mol. The van der Waals surface area contributed by atoms with Gasteiger partial charge in [0, 0.05) is 10.7 Å². The van der Waals surface area contributed by atoms with E-state index in [2.05, 4.69) is 25.6 Å². The summed E-state index contributed by atoms with van der Waals surface area (Å²) >= 11 is 8.95. The predicted molar refractivity (Wildman–Crippen MR) is 81.2 cm³/mol. The zero-order valence-corrected chi connectivity index (χ0v) is 13.4. The lowest BCUT2D eigenvalue weighted by atomic mass is 10.3. The van der Waals surface area contributed by atoms with Crippen LogP contribution >= 0.6 is 27.5 Å². The molecule has 0 atom stereocenters. The van der Waals surface area contributed by atoms with Gasteiger partial charge >= 0.3 is 5.97 Å². The third kappa shape index (κ3) is 3.72. The summed E-state index contributed by atoms with van der Waals surface area (Å²) in [5.41, 5.74) is -0.0350. The summed E-state index contributed by atoms with van der Waals surface area (Å²) in [5.74, 6) is -1.12. The third-order valence-corrected chi connectivity index (χ3v) is 5.02. The molecule has 0 aliphatic carbocycles. The maximum absolute atomic E-state index is 12.2. The van der Waals surface area contributed by atoms with Crippen molar-refractivity contribution in [1.29, 1.82) is 0 Å². The fourth-order valence-electron chi connectivity index (χ4n) is 1.42. The summed E-state index contributed by atoms with van der Waals surface area (Å²) in [4.78, 5) is 14.4. The second-order valence-corrected chi connectivity index (χ2v) is 6.86. The maximum Gasteiger partial charge on any atom is 0.337 e. The summed E-state index contributed by atoms with van der Waals surface area (Å²) in [6.45, 7) is 0. The number of aromatic carboxylic acids is 1. The van der Waals surface area contributed by atoms with Gasteiger partial charge in [-0.15, -0.1) is 0 Å². The van der Waals surface area contributed by atoms with Crippen molar-refractivity contribution in [2.75, 3.05) is 4.72 Å². The summed E-state index contributed by atoms with van der Waals surface area (Å²) in [7, 11) is -3.83. The van der Waals surface area contributed by atoms with Crippen LogP contribution in [0.5, 0.6) is 0 Å². The highest BCUT2D eigenvalue weighted by Gasteiger charge is 2.16. The van der Waals surface area contributed by atoms with Crippen molar-refractivity contribution in [3.05, 3.63) is 51.6 Å². The Labute approximate surface area is 134 Å². The molecule has 0 bridgehead atoms. The van der Waals surface area contributed by atoms with Crippen LogP contribution in [0.4, 0.5) is 5.82 Å². The number of anilines is 1. The average Bonchev–Trinajstić information content (AvgIpc) is 2.42. The number of hydrogen-bond acceptors (Lipinski definition) is 4.